The van der Waals surface area contributed by atoms with Crippen LogP contribution in [-0.2, 0) is 11.2 Å². The topological polar surface area (TPSA) is 55.9 Å². The summed E-state index contributed by atoms with van der Waals surface area (Å²) in [7, 11) is 2.06. The van der Waals surface area contributed by atoms with Gasteiger partial charge < -0.3 is 10.2 Å². The molecule has 1 aromatic carbocycles. The molecule has 0 saturated carbocycles. The van der Waals surface area contributed by atoms with Crippen LogP contribution in [0.4, 0.5) is 4.79 Å². The highest BCUT2D eigenvalue weighted by Crippen LogP contribution is 2.30. The van der Waals surface area contributed by atoms with Crippen LogP contribution in [0.5, 0.6) is 0 Å². The molecule has 3 aliphatic rings. The number of carbonyl (C=O) groups excluding carboxylic acids is 2. The molecule has 0 radical (unpaired) electrons. The van der Waals surface area contributed by atoms with Gasteiger partial charge in [-0.25, -0.2) is 9.69 Å². The zero-order chi connectivity index (χ0) is 20.4. The van der Waals surface area contributed by atoms with E-state index in [0.29, 0.717) is 19.5 Å². The number of amides is 3. The lowest BCUT2D eigenvalue weighted by Crippen LogP contribution is -2.54. The summed E-state index contributed by atoms with van der Waals surface area (Å²) in [4.78, 5) is 31.5. The van der Waals surface area contributed by atoms with Gasteiger partial charge in [-0.05, 0) is 64.0 Å². The number of likely N-dealkylation sites (tertiary alicyclic amines) is 2. The number of rotatable bonds is 5. The first-order chi connectivity index (χ1) is 13.9. The molecule has 3 fully saturated rings. The predicted octanol–water partition coefficient (Wildman–Crippen LogP) is 2.61. The smallest absolute Gasteiger partial charge is 0.323 e. The van der Waals surface area contributed by atoms with Crippen molar-refractivity contribution < 1.29 is 9.59 Å². The molecule has 0 bridgehead atoms. The number of piperidine rings is 2. The van der Waals surface area contributed by atoms with Gasteiger partial charge >= 0.3 is 6.03 Å². The van der Waals surface area contributed by atoms with Crippen molar-refractivity contribution in [2.24, 2.45) is 5.92 Å². The highest BCUT2D eigenvalue weighted by atomic mass is 16.2. The summed E-state index contributed by atoms with van der Waals surface area (Å²) < 4.78 is 0. The van der Waals surface area contributed by atoms with Crippen LogP contribution in [-0.4, -0.2) is 72.1 Å². The van der Waals surface area contributed by atoms with Gasteiger partial charge in [-0.1, -0.05) is 29.8 Å². The molecular weight excluding hydrogens is 364 g/mol. The Labute approximate surface area is 174 Å². The van der Waals surface area contributed by atoms with Gasteiger partial charge in [-0.3, -0.25) is 9.69 Å². The van der Waals surface area contributed by atoms with Gasteiger partial charge in [-0.2, -0.15) is 0 Å². The molecule has 0 aliphatic carbocycles. The van der Waals surface area contributed by atoms with Crippen LogP contribution in [0.3, 0.4) is 0 Å². The second-order valence-electron chi connectivity index (χ2n) is 9.28. The summed E-state index contributed by atoms with van der Waals surface area (Å²) in [5.74, 6) is 0.716. The van der Waals surface area contributed by atoms with E-state index in [4.69, 9.17) is 0 Å². The average Bonchev–Trinajstić information content (AvgIpc) is 2.95. The minimum absolute atomic E-state index is 0.0166. The molecule has 3 amide bonds. The van der Waals surface area contributed by atoms with E-state index in [1.165, 1.54) is 22.4 Å². The second kappa shape index (κ2) is 8.44. The van der Waals surface area contributed by atoms with E-state index in [-0.39, 0.29) is 11.9 Å². The lowest BCUT2D eigenvalue weighted by molar-refractivity contribution is -0.134. The Morgan fingerprint density at radius 2 is 1.69 bits per heavy atom. The molecule has 6 nitrogen and oxygen atoms in total. The SMILES string of the molecule is Cc1ccc(CCC2CCN(CN3C(=O)NC4(CCN(C)CC4)C3=O)CC2)cc1. The highest BCUT2D eigenvalue weighted by Gasteiger charge is 2.52. The molecule has 6 heteroatoms. The van der Waals surface area contributed by atoms with Gasteiger partial charge in [0.2, 0.25) is 0 Å². The van der Waals surface area contributed by atoms with Crippen LogP contribution in [0.25, 0.3) is 0 Å². The quantitative estimate of drug-likeness (QED) is 0.775. The van der Waals surface area contributed by atoms with Crippen molar-refractivity contribution in [2.75, 3.05) is 39.9 Å². The van der Waals surface area contributed by atoms with Gasteiger partial charge in [0.15, 0.2) is 0 Å². The lowest BCUT2D eigenvalue weighted by atomic mass is 9.87. The number of urea groups is 1. The molecule has 1 aromatic rings. The molecule has 3 aliphatic heterocycles. The minimum atomic E-state index is -0.657. The summed E-state index contributed by atoms with van der Waals surface area (Å²) >= 11 is 0. The third-order valence-corrected chi connectivity index (χ3v) is 7.10. The van der Waals surface area contributed by atoms with Crippen molar-refractivity contribution in [1.82, 2.24) is 20.0 Å². The van der Waals surface area contributed by atoms with E-state index in [1.807, 2.05) is 0 Å². The normalized spacial score (nSPS) is 23.7. The van der Waals surface area contributed by atoms with Crippen LogP contribution >= 0.6 is 0 Å². The fraction of sp³-hybridized carbons (Fsp3) is 0.652. The zero-order valence-electron chi connectivity index (χ0n) is 17.8. The summed E-state index contributed by atoms with van der Waals surface area (Å²) in [6, 6.07) is 8.64. The molecule has 0 aromatic heterocycles. The Morgan fingerprint density at radius 1 is 1.03 bits per heavy atom. The Kier molecular flexibility index (Phi) is 5.93. The second-order valence-corrected chi connectivity index (χ2v) is 9.28. The van der Waals surface area contributed by atoms with Gasteiger partial charge in [0.25, 0.3) is 5.91 Å². The largest absolute Gasteiger partial charge is 0.326 e. The van der Waals surface area contributed by atoms with Crippen LogP contribution in [0.15, 0.2) is 24.3 Å². The van der Waals surface area contributed by atoms with Gasteiger partial charge in [0, 0.05) is 26.2 Å². The molecule has 158 valence electrons. The summed E-state index contributed by atoms with van der Waals surface area (Å²) in [6.45, 7) is 6.20. The van der Waals surface area contributed by atoms with E-state index >= 15 is 0 Å². The number of hydrogen-bond acceptors (Lipinski definition) is 4. The Balaban J connectivity index is 1.24. The first kappa shape index (κ1) is 20.4. The number of nitrogens with one attached hydrogen (secondary N) is 1. The molecule has 0 unspecified atom stereocenters. The number of carbonyl (C=O) groups is 2. The van der Waals surface area contributed by atoms with Crippen molar-refractivity contribution in [3.8, 4) is 0 Å². The maximum Gasteiger partial charge on any atom is 0.326 e. The van der Waals surface area contributed by atoms with Crippen molar-refractivity contribution in [3.63, 3.8) is 0 Å². The maximum atomic E-state index is 13.0. The average molecular weight is 399 g/mol. The monoisotopic (exact) mass is 398 g/mol. The number of aryl methyl sites for hydroxylation is 2. The lowest BCUT2D eigenvalue weighted by Gasteiger charge is -2.36. The van der Waals surface area contributed by atoms with E-state index < -0.39 is 5.54 Å². The van der Waals surface area contributed by atoms with Crippen LogP contribution < -0.4 is 5.32 Å². The molecule has 1 N–H and O–H groups in total. The minimum Gasteiger partial charge on any atom is -0.323 e. The standard InChI is InChI=1S/C23H34N4O2/c1-18-3-5-19(6-4-18)7-8-20-9-13-26(14-10-20)17-27-21(28)23(24-22(27)29)11-15-25(2)16-12-23/h3-6,20H,7-17H2,1-2H3,(H,24,29). The van der Waals surface area contributed by atoms with E-state index in [1.54, 1.807) is 0 Å². The van der Waals surface area contributed by atoms with E-state index in [0.717, 1.165) is 51.4 Å². The van der Waals surface area contributed by atoms with Crippen molar-refractivity contribution in [3.05, 3.63) is 35.4 Å². The molecule has 3 saturated heterocycles. The first-order valence-electron chi connectivity index (χ1n) is 11.1. The Morgan fingerprint density at radius 3 is 2.34 bits per heavy atom. The molecule has 3 heterocycles. The van der Waals surface area contributed by atoms with Crippen molar-refractivity contribution >= 4 is 11.9 Å². The van der Waals surface area contributed by atoms with E-state index in [9.17, 15) is 9.59 Å². The molecular formula is C23H34N4O2. The number of imide groups is 1. The summed E-state index contributed by atoms with van der Waals surface area (Å²) in [6.07, 6.45) is 6.07. The predicted molar refractivity (Wildman–Crippen MR) is 114 cm³/mol. The van der Waals surface area contributed by atoms with Crippen LogP contribution in [0.2, 0.25) is 0 Å². The fourth-order valence-electron chi connectivity index (χ4n) is 4.89. The van der Waals surface area contributed by atoms with Crippen LogP contribution in [0, 0.1) is 12.8 Å². The zero-order valence-corrected chi connectivity index (χ0v) is 17.8. The third kappa shape index (κ3) is 4.48. The highest BCUT2D eigenvalue weighted by molar-refractivity contribution is 6.07. The fourth-order valence-corrected chi connectivity index (χ4v) is 4.89. The first-order valence-corrected chi connectivity index (χ1v) is 11.1. The molecule has 29 heavy (non-hydrogen) atoms. The van der Waals surface area contributed by atoms with Gasteiger partial charge in [0.05, 0.1) is 6.67 Å². The van der Waals surface area contributed by atoms with Gasteiger partial charge in [0.1, 0.15) is 5.54 Å². The van der Waals surface area contributed by atoms with Gasteiger partial charge in [-0.15, -0.1) is 0 Å². The van der Waals surface area contributed by atoms with Crippen LogP contribution in [0.1, 0.15) is 43.2 Å². The molecule has 1 spiro atoms. The Hall–Kier alpha value is -1.92. The summed E-state index contributed by atoms with van der Waals surface area (Å²) in [5, 5.41) is 3.01. The third-order valence-electron chi connectivity index (χ3n) is 7.10. The van der Waals surface area contributed by atoms with Crippen molar-refractivity contribution in [2.45, 2.75) is 51.0 Å². The maximum absolute atomic E-state index is 13.0. The Bertz CT molecular complexity index is 732. The molecule has 0 atom stereocenters. The number of benzene rings is 1. The number of nitrogens with zero attached hydrogens (tertiary/aromatic N) is 3. The van der Waals surface area contributed by atoms with E-state index in [2.05, 4.69) is 53.4 Å². The molecule has 4 rings (SSSR count). The number of hydrogen-bond donors (Lipinski definition) is 1. The van der Waals surface area contributed by atoms with Crippen molar-refractivity contribution in [1.29, 1.82) is 0 Å². The summed E-state index contributed by atoms with van der Waals surface area (Å²) in [5.41, 5.74) is 2.07.